The van der Waals surface area contributed by atoms with Gasteiger partial charge in [-0.3, -0.25) is 0 Å². The normalized spacial score (nSPS) is 14.8. The summed E-state index contributed by atoms with van der Waals surface area (Å²) in [5.74, 6) is 7.86. The highest BCUT2D eigenvalue weighted by Gasteiger charge is 2.25. The van der Waals surface area contributed by atoms with Gasteiger partial charge in [0.25, 0.3) is 0 Å². The van der Waals surface area contributed by atoms with Crippen LogP contribution in [0.4, 0.5) is 5.82 Å². The Balaban J connectivity index is 1.24. The first-order valence-corrected chi connectivity index (χ1v) is 13.2. The topological polar surface area (TPSA) is 79.3 Å². The Morgan fingerprint density at radius 2 is 1.82 bits per heavy atom. The minimum absolute atomic E-state index is 0.437. The number of aryl methyl sites for hydroxylation is 1. The minimum atomic E-state index is -3.41. The van der Waals surface area contributed by atoms with E-state index in [9.17, 15) is 8.42 Å². The summed E-state index contributed by atoms with van der Waals surface area (Å²) in [6, 6.07) is 9.65. The fourth-order valence-corrected chi connectivity index (χ4v) is 5.21. The molecule has 0 bridgehead atoms. The summed E-state index contributed by atoms with van der Waals surface area (Å²) >= 11 is 1.61. The lowest BCUT2D eigenvalue weighted by Gasteiger charge is -2.34. The standard InChI is InChI=1S/C24H25N5O2S2/c30-33(31,19-3-1-2-7-23-25-12-5-13-26-23)29-16-14-28(15-17-29)24-11-9-21(20-27-24)8-10-22-6-4-18-32-22/h3-6,9,11-13,18-20H,1-2,7,14-17H2. The first-order chi connectivity index (χ1) is 16.1. The predicted molar refractivity (Wildman–Crippen MR) is 131 cm³/mol. The van der Waals surface area contributed by atoms with E-state index in [0.717, 1.165) is 34.9 Å². The van der Waals surface area contributed by atoms with Gasteiger partial charge in [0.2, 0.25) is 10.0 Å². The van der Waals surface area contributed by atoms with Crippen molar-refractivity contribution in [3.05, 3.63) is 82.1 Å². The molecule has 0 radical (unpaired) electrons. The number of unbranched alkanes of at least 4 members (excludes halogenated alkanes) is 1. The van der Waals surface area contributed by atoms with E-state index in [0.29, 0.717) is 32.6 Å². The molecule has 3 aromatic heterocycles. The highest BCUT2D eigenvalue weighted by Crippen LogP contribution is 2.17. The fraction of sp³-hybridized carbons (Fsp3) is 0.292. The van der Waals surface area contributed by atoms with Crippen LogP contribution in [0.3, 0.4) is 0 Å². The van der Waals surface area contributed by atoms with Crippen LogP contribution in [0.2, 0.25) is 0 Å². The summed E-state index contributed by atoms with van der Waals surface area (Å²) < 4.78 is 26.8. The molecular weight excluding hydrogens is 454 g/mol. The van der Waals surface area contributed by atoms with Crippen LogP contribution in [0, 0.1) is 11.8 Å². The number of pyridine rings is 1. The number of hydrogen-bond acceptors (Lipinski definition) is 7. The van der Waals surface area contributed by atoms with Gasteiger partial charge in [0.15, 0.2) is 0 Å². The first kappa shape index (κ1) is 23.1. The number of piperazine rings is 1. The zero-order valence-electron chi connectivity index (χ0n) is 18.2. The Labute approximate surface area is 198 Å². The van der Waals surface area contributed by atoms with Crippen molar-refractivity contribution in [2.75, 3.05) is 31.1 Å². The Morgan fingerprint density at radius 1 is 1.00 bits per heavy atom. The van der Waals surface area contributed by atoms with Crippen molar-refractivity contribution >= 4 is 27.2 Å². The third-order valence-corrected chi connectivity index (χ3v) is 7.59. The second-order valence-electron chi connectivity index (χ2n) is 7.49. The average Bonchev–Trinajstić information content (AvgIpc) is 3.37. The molecule has 3 aromatic rings. The van der Waals surface area contributed by atoms with Crippen LogP contribution in [0.15, 0.2) is 65.8 Å². The molecule has 1 aliphatic heterocycles. The quantitative estimate of drug-likeness (QED) is 0.382. The number of sulfonamides is 1. The molecule has 1 saturated heterocycles. The zero-order valence-corrected chi connectivity index (χ0v) is 19.8. The average molecular weight is 480 g/mol. The van der Waals surface area contributed by atoms with Gasteiger partial charge in [0.1, 0.15) is 11.6 Å². The lowest BCUT2D eigenvalue weighted by atomic mass is 10.2. The van der Waals surface area contributed by atoms with Crippen molar-refractivity contribution in [2.45, 2.75) is 19.3 Å². The molecule has 170 valence electrons. The molecule has 0 atom stereocenters. The largest absolute Gasteiger partial charge is 0.354 e. The summed E-state index contributed by atoms with van der Waals surface area (Å²) in [6.45, 7) is 2.08. The Bertz CT molecular complexity index is 1210. The lowest BCUT2D eigenvalue weighted by molar-refractivity contribution is 0.388. The SMILES string of the molecule is O=S(=O)(C=CCCCc1ncccn1)N1CCN(c2ccc(C#Cc3cccs3)cn2)CC1. The van der Waals surface area contributed by atoms with Gasteiger partial charge in [-0.1, -0.05) is 24.0 Å². The van der Waals surface area contributed by atoms with Gasteiger partial charge in [-0.05, 0) is 42.5 Å². The molecule has 0 unspecified atom stereocenters. The summed E-state index contributed by atoms with van der Waals surface area (Å²) in [5, 5.41) is 3.33. The molecule has 1 fully saturated rings. The van der Waals surface area contributed by atoms with Crippen molar-refractivity contribution in [1.82, 2.24) is 19.3 Å². The van der Waals surface area contributed by atoms with E-state index < -0.39 is 10.0 Å². The summed E-state index contributed by atoms with van der Waals surface area (Å²) in [6.07, 6.45) is 9.13. The van der Waals surface area contributed by atoms with Crippen molar-refractivity contribution < 1.29 is 8.42 Å². The van der Waals surface area contributed by atoms with E-state index in [-0.39, 0.29) is 0 Å². The van der Waals surface area contributed by atoms with Crippen molar-refractivity contribution in [3.8, 4) is 11.8 Å². The molecule has 4 rings (SSSR count). The summed E-state index contributed by atoms with van der Waals surface area (Å²) in [7, 11) is -3.41. The molecule has 1 aliphatic rings. The lowest BCUT2D eigenvalue weighted by Crippen LogP contribution is -2.48. The zero-order chi connectivity index (χ0) is 22.9. The number of hydrogen-bond donors (Lipinski definition) is 0. The second kappa shape index (κ2) is 11.2. The summed E-state index contributed by atoms with van der Waals surface area (Å²) in [4.78, 5) is 16.0. The van der Waals surface area contributed by atoms with Crippen LogP contribution in [-0.2, 0) is 16.4 Å². The number of allylic oxidation sites excluding steroid dienone is 1. The van der Waals surface area contributed by atoms with Crippen molar-refractivity contribution in [2.24, 2.45) is 0 Å². The van der Waals surface area contributed by atoms with Crippen molar-refractivity contribution in [3.63, 3.8) is 0 Å². The van der Waals surface area contributed by atoms with Gasteiger partial charge < -0.3 is 4.90 Å². The molecule has 0 N–H and O–H groups in total. The molecule has 0 spiro atoms. The third-order valence-electron chi connectivity index (χ3n) is 5.18. The molecule has 0 aromatic carbocycles. The molecule has 4 heterocycles. The number of thiophene rings is 1. The molecule has 0 saturated carbocycles. The van der Waals surface area contributed by atoms with Crippen LogP contribution in [0.25, 0.3) is 0 Å². The second-order valence-corrected chi connectivity index (χ2v) is 10.3. The summed E-state index contributed by atoms with van der Waals surface area (Å²) in [5.41, 5.74) is 0.859. The van der Waals surface area contributed by atoms with Crippen LogP contribution in [-0.4, -0.2) is 53.9 Å². The molecule has 7 nitrogen and oxygen atoms in total. The van der Waals surface area contributed by atoms with Gasteiger partial charge in [-0.2, -0.15) is 4.31 Å². The first-order valence-electron chi connectivity index (χ1n) is 10.8. The fourth-order valence-electron chi connectivity index (χ4n) is 3.41. The van der Waals surface area contributed by atoms with Crippen LogP contribution in [0.5, 0.6) is 0 Å². The van der Waals surface area contributed by atoms with E-state index in [4.69, 9.17) is 0 Å². The molecule has 9 heteroatoms. The van der Waals surface area contributed by atoms with E-state index in [1.807, 2.05) is 29.6 Å². The minimum Gasteiger partial charge on any atom is -0.354 e. The van der Waals surface area contributed by atoms with Crippen LogP contribution in [0.1, 0.15) is 29.1 Å². The maximum Gasteiger partial charge on any atom is 0.236 e. The monoisotopic (exact) mass is 479 g/mol. The Kier molecular flexibility index (Phi) is 7.83. The van der Waals surface area contributed by atoms with E-state index in [1.54, 1.807) is 42.1 Å². The molecule has 33 heavy (non-hydrogen) atoms. The Morgan fingerprint density at radius 3 is 2.52 bits per heavy atom. The van der Waals surface area contributed by atoms with Gasteiger partial charge in [0.05, 0.1) is 4.88 Å². The smallest absolute Gasteiger partial charge is 0.236 e. The van der Waals surface area contributed by atoms with Crippen molar-refractivity contribution in [1.29, 1.82) is 0 Å². The van der Waals surface area contributed by atoms with Crippen LogP contribution < -0.4 is 4.90 Å². The van der Waals surface area contributed by atoms with Gasteiger partial charge in [0, 0.05) is 62.2 Å². The number of aromatic nitrogens is 3. The molecule has 0 amide bonds. The number of anilines is 1. The van der Waals surface area contributed by atoms with E-state index in [1.165, 1.54) is 9.71 Å². The van der Waals surface area contributed by atoms with Gasteiger partial charge in [-0.25, -0.2) is 23.4 Å². The van der Waals surface area contributed by atoms with Gasteiger partial charge >= 0.3 is 0 Å². The van der Waals surface area contributed by atoms with E-state index >= 15 is 0 Å². The van der Waals surface area contributed by atoms with Crippen LogP contribution >= 0.6 is 11.3 Å². The maximum absolute atomic E-state index is 12.6. The molecule has 0 aliphatic carbocycles. The van der Waals surface area contributed by atoms with E-state index in [2.05, 4.69) is 31.7 Å². The number of rotatable bonds is 7. The third kappa shape index (κ3) is 6.71. The molecular formula is C24H25N5O2S2. The highest BCUT2D eigenvalue weighted by atomic mass is 32.2. The number of nitrogens with zero attached hydrogens (tertiary/aromatic N) is 5. The maximum atomic E-state index is 12.6. The van der Waals surface area contributed by atoms with Gasteiger partial charge in [-0.15, -0.1) is 11.3 Å². The predicted octanol–water partition coefficient (Wildman–Crippen LogP) is 3.32. The Hall–Kier alpha value is -3.06. The highest BCUT2D eigenvalue weighted by molar-refractivity contribution is 7.92.